The number of rotatable bonds is 17. The summed E-state index contributed by atoms with van der Waals surface area (Å²) in [5, 5.41) is 43.6. The Bertz CT molecular complexity index is 1200. The van der Waals surface area contributed by atoms with Crippen molar-refractivity contribution in [3.63, 3.8) is 0 Å². The second-order valence-corrected chi connectivity index (χ2v) is 9.17. The van der Waals surface area contributed by atoms with Crippen LogP contribution in [0.15, 0.2) is 23.3 Å². The van der Waals surface area contributed by atoms with Crippen molar-refractivity contribution >= 4 is 35.7 Å². The fourth-order valence-corrected chi connectivity index (χ4v) is 4.56. The smallest absolute Gasteiger partial charge is 0.414 e. The van der Waals surface area contributed by atoms with Crippen molar-refractivity contribution in [3.8, 4) is 5.75 Å². The Morgan fingerprint density at radius 2 is 1.63 bits per heavy atom. The van der Waals surface area contributed by atoms with Gasteiger partial charge in [0.2, 0.25) is 6.29 Å². The number of nitrogens with zero attached hydrogens (tertiary/aromatic N) is 3. The van der Waals surface area contributed by atoms with E-state index in [2.05, 4.69) is 20.1 Å². The first kappa shape index (κ1) is 34.6. The summed E-state index contributed by atoms with van der Waals surface area (Å²) in [5.74, 6) is -9.15. The van der Waals surface area contributed by atoms with Crippen LogP contribution < -0.4 is 10.1 Å². The average molecular weight is 613 g/mol. The third kappa shape index (κ3) is 10.9. The molecule has 236 valence electrons. The molecule has 43 heavy (non-hydrogen) atoms. The largest absolute Gasteiger partial charge is 0.489 e. The summed E-state index contributed by atoms with van der Waals surface area (Å²) in [6.07, 6.45) is -6.96. The number of methoxy groups -OCH3 is 1. The summed E-state index contributed by atoms with van der Waals surface area (Å²) in [4.78, 5) is 63.0. The predicted molar refractivity (Wildman–Crippen MR) is 141 cm³/mol. The molecule has 0 spiro atoms. The van der Waals surface area contributed by atoms with Gasteiger partial charge in [0.05, 0.1) is 45.5 Å². The monoisotopic (exact) mass is 612 g/mol. The molecule has 1 saturated heterocycles. The van der Waals surface area contributed by atoms with Crippen LogP contribution in [0.3, 0.4) is 0 Å². The Morgan fingerprint density at radius 3 is 2.23 bits per heavy atom. The maximum atomic E-state index is 13.0. The number of aliphatic carboxylic acids is 3. The molecule has 1 aliphatic rings. The molecule has 1 amide bonds. The van der Waals surface area contributed by atoms with Gasteiger partial charge in [0, 0.05) is 29.7 Å². The van der Waals surface area contributed by atoms with Crippen LogP contribution >= 0.6 is 0 Å². The standard InChI is InChI=1S/C25H32N4O14/c1-39-23(37)22-15(10-20(33)34)14(9-19(31)32)16(11-21(35)36)24(42-22)43-25(38)28-17-3-2-13(12-30)8-18(17)41-7-6-40-5-4-27-29-26/h2-3,8,14-16,22,24,30H,4-7,9-12H2,1H3,(H,28,38)(H,31,32)(H,33,34)(H,35,36)/t14-,15-,16+,22-,24-/m0/s1. The maximum Gasteiger partial charge on any atom is 0.414 e. The summed E-state index contributed by atoms with van der Waals surface area (Å²) in [5.41, 5.74) is 8.76. The molecule has 0 radical (unpaired) electrons. The van der Waals surface area contributed by atoms with Crippen molar-refractivity contribution < 1.29 is 68.1 Å². The van der Waals surface area contributed by atoms with Crippen molar-refractivity contribution in [2.24, 2.45) is 22.9 Å². The lowest BCUT2D eigenvalue weighted by atomic mass is 9.71. The minimum absolute atomic E-state index is 0.00998. The first-order valence-corrected chi connectivity index (χ1v) is 12.8. The number of nitrogens with one attached hydrogen (secondary N) is 1. The number of carbonyl (C=O) groups is 5. The van der Waals surface area contributed by atoms with E-state index in [9.17, 15) is 44.4 Å². The highest BCUT2D eigenvalue weighted by Gasteiger charge is 2.52. The molecule has 5 atom stereocenters. The van der Waals surface area contributed by atoms with Gasteiger partial charge >= 0.3 is 30.0 Å². The number of carboxylic acid groups (broad SMARTS) is 3. The van der Waals surface area contributed by atoms with Crippen LogP contribution in [0.2, 0.25) is 0 Å². The SMILES string of the molecule is COC(=O)[C@H]1O[C@@H](OC(=O)Nc2ccc(CO)cc2OCCOCCN=[N+]=[N-])[C@H](CC(=O)O)[C@@H](CC(=O)O)[C@@H]1CC(=O)O. The molecule has 0 aromatic heterocycles. The van der Waals surface area contributed by atoms with Crippen LogP contribution in [0, 0.1) is 17.8 Å². The molecule has 0 bridgehead atoms. The Labute approximate surface area is 244 Å². The third-order valence-electron chi connectivity index (χ3n) is 6.36. The van der Waals surface area contributed by atoms with Crippen molar-refractivity contribution in [3.05, 3.63) is 34.2 Å². The van der Waals surface area contributed by atoms with Crippen LogP contribution in [-0.2, 0) is 44.7 Å². The van der Waals surface area contributed by atoms with E-state index >= 15 is 0 Å². The van der Waals surface area contributed by atoms with Gasteiger partial charge in [-0.25, -0.2) is 9.59 Å². The van der Waals surface area contributed by atoms with E-state index in [0.717, 1.165) is 7.11 Å². The predicted octanol–water partition coefficient (Wildman–Crippen LogP) is 1.60. The lowest BCUT2D eigenvalue weighted by Gasteiger charge is -2.44. The highest BCUT2D eigenvalue weighted by atomic mass is 16.7. The lowest BCUT2D eigenvalue weighted by Crippen LogP contribution is -2.54. The molecular formula is C25H32N4O14. The molecule has 1 heterocycles. The summed E-state index contributed by atoms with van der Waals surface area (Å²) >= 11 is 0. The van der Waals surface area contributed by atoms with Gasteiger partial charge in [0.15, 0.2) is 6.10 Å². The quantitative estimate of drug-likeness (QED) is 0.0549. The summed E-state index contributed by atoms with van der Waals surface area (Å²) < 4.78 is 26.5. The zero-order valence-electron chi connectivity index (χ0n) is 23.0. The van der Waals surface area contributed by atoms with Gasteiger partial charge in [-0.1, -0.05) is 11.2 Å². The second-order valence-electron chi connectivity index (χ2n) is 9.17. The molecule has 0 unspecified atom stereocenters. The fourth-order valence-electron chi connectivity index (χ4n) is 4.56. The van der Waals surface area contributed by atoms with Crippen LogP contribution in [0.4, 0.5) is 10.5 Å². The van der Waals surface area contributed by atoms with E-state index in [-0.39, 0.29) is 44.4 Å². The Balaban J connectivity index is 2.29. The molecule has 18 nitrogen and oxygen atoms in total. The molecular weight excluding hydrogens is 580 g/mol. The number of aliphatic hydroxyl groups is 1. The van der Waals surface area contributed by atoms with Gasteiger partial charge in [-0.05, 0) is 29.1 Å². The number of anilines is 1. The van der Waals surface area contributed by atoms with E-state index in [0.29, 0.717) is 5.56 Å². The Morgan fingerprint density at radius 1 is 0.977 bits per heavy atom. The van der Waals surface area contributed by atoms with Gasteiger partial charge in [0.1, 0.15) is 12.4 Å². The van der Waals surface area contributed by atoms with E-state index in [1.165, 1.54) is 18.2 Å². The Kier molecular flexibility index (Phi) is 13.9. The molecule has 1 aromatic carbocycles. The summed E-state index contributed by atoms with van der Waals surface area (Å²) in [6, 6.07) is 4.27. The van der Waals surface area contributed by atoms with Crippen molar-refractivity contribution in [2.75, 3.05) is 38.8 Å². The summed E-state index contributed by atoms with van der Waals surface area (Å²) in [7, 11) is 0.991. The number of hydrogen-bond acceptors (Lipinski definition) is 12. The molecule has 18 heteroatoms. The van der Waals surface area contributed by atoms with Crippen LogP contribution in [-0.4, -0.2) is 96.3 Å². The normalized spacial score (nSPS) is 21.1. The van der Waals surface area contributed by atoms with E-state index in [4.69, 9.17) is 24.5 Å². The van der Waals surface area contributed by atoms with E-state index < -0.39 is 79.4 Å². The average Bonchev–Trinajstić information content (AvgIpc) is 2.95. The van der Waals surface area contributed by atoms with Crippen LogP contribution in [0.25, 0.3) is 10.4 Å². The number of aliphatic hydroxyl groups excluding tert-OH is 1. The highest BCUT2D eigenvalue weighted by Crippen LogP contribution is 2.42. The van der Waals surface area contributed by atoms with Crippen LogP contribution in [0.5, 0.6) is 5.75 Å². The molecule has 5 N–H and O–H groups in total. The molecule has 0 saturated carbocycles. The van der Waals surface area contributed by atoms with Crippen LogP contribution in [0.1, 0.15) is 24.8 Å². The number of hydrogen-bond donors (Lipinski definition) is 5. The third-order valence-corrected chi connectivity index (χ3v) is 6.36. The van der Waals surface area contributed by atoms with Gasteiger partial charge < -0.3 is 44.1 Å². The Hall–Kier alpha value is -4.64. The minimum Gasteiger partial charge on any atom is -0.489 e. The highest BCUT2D eigenvalue weighted by molar-refractivity contribution is 5.87. The zero-order chi connectivity index (χ0) is 31.9. The van der Waals surface area contributed by atoms with Crippen molar-refractivity contribution in [1.29, 1.82) is 0 Å². The number of azide groups is 1. The molecule has 1 fully saturated rings. The molecule has 0 aliphatic carbocycles. The topological polar surface area (TPSA) is 273 Å². The fraction of sp³-hybridized carbons (Fsp3) is 0.560. The van der Waals surface area contributed by atoms with Crippen molar-refractivity contribution in [2.45, 2.75) is 38.3 Å². The number of esters is 1. The minimum atomic E-state index is -1.79. The zero-order valence-corrected chi connectivity index (χ0v) is 23.0. The van der Waals surface area contributed by atoms with Gasteiger partial charge in [-0.2, -0.15) is 0 Å². The molecule has 1 aromatic rings. The number of amides is 1. The van der Waals surface area contributed by atoms with Crippen molar-refractivity contribution in [1.82, 2.24) is 0 Å². The summed E-state index contributed by atoms with van der Waals surface area (Å²) in [6.45, 7) is -0.0259. The van der Waals surface area contributed by atoms with E-state index in [1.54, 1.807) is 0 Å². The van der Waals surface area contributed by atoms with E-state index in [1.807, 2.05) is 0 Å². The number of ether oxygens (including phenoxy) is 5. The first-order chi connectivity index (χ1) is 20.5. The maximum absolute atomic E-state index is 13.0. The number of carboxylic acids is 3. The second kappa shape index (κ2) is 17.3. The first-order valence-electron chi connectivity index (χ1n) is 12.8. The number of benzene rings is 1. The lowest BCUT2D eigenvalue weighted by molar-refractivity contribution is -0.240. The number of carbonyl (C=O) groups excluding carboxylic acids is 2. The van der Waals surface area contributed by atoms with Gasteiger partial charge in [0.25, 0.3) is 0 Å². The molecule has 2 rings (SSSR count). The molecule has 1 aliphatic heterocycles. The van der Waals surface area contributed by atoms with Gasteiger partial charge in [-0.3, -0.25) is 19.7 Å². The van der Waals surface area contributed by atoms with Gasteiger partial charge in [-0.15, -0.1) is 0 Å².